The van der Waals surface area contributed by atoms with E-state index in [2.05, 4.69) is 5.43 Å². The van der Waals surface area contributed by atoms with Crippen molar-refractivity contribution in [2.45, 2.75) is 25.3 Å². The summed E-state index contributed by atoms with van der Waals surface area (Å²) in [6.45, 7) is 0. The van der Waals surface area contributed by atoms with Crippen molar-refractivity contribution >= 4 is 0 Å². The van der Waals surface area contributed by atoms with Crippen LogP contribution in [0, 0.1) is 17.6 Å². The van der Waals surface area contributed by atoms with Gasteiger partial charge in [-0.25, -0.2) is 8.78 Å². The van der Waals surface area contributed by atoms with Crippen LogP contribution in [0.15, 0.2) is 18.2 Å². The second-order valence-electron chi connectivity index (χ2n) is 4.06. The minimum absolute atomic E-state index is 0.176. The summed E-state index contributed by atoms with van der Waals surface area (Å²) in [7, 11) is 0. The maximum Gasteiger partial charge on any atom is 0.159 e. The molecule has 3 N–H and O–H groups in total. The molecule has 2 rings (SSSR count). The molecule has 0 aromatic heterocycles. The number of nitrogens with one attached hydrogen (secondary N) is 1. The first kappa shape index (κ1) is 10.5. The van der Waals surface area contributed by atoms with Crippen molar-refractivity contribution in [2.75, 3.05) is 0 Å². The number of hydrazine groups is 1. The zero-order chi connectivity index (χ0) is 10.8. The van der Waals surface area contributed by atoms with E-state index in [1.807, 2.05) is 0 Å². The smallest absolute Gasteiger partial charge is 0.159 e. The standard InChI is InChI=1S/C11H14F2N2/c12-9-4-1-7(5-10(9)13)6-11(15-14)8-2-3-8/h1,4-5,8,11,15H,2-3,6,14H2. The lowest BCUT2D eigenvalue weighted by atomic mass is 10.0. The van der Waals surface area contributed by atoms with Gasteiger partial charge in [-0.3, -0.25) is 11.3 Å². The van der Waals surface area contributed by atoms with Crippen LogP contribution in [0.5, 0.6) is 0 Å². The molecule has 0 radical (unpaired) electrons. The molecule has 1 atom stereocenters. The predicted octanol–water partition coefficient (Wildman–Crippen LogP) is 1.75. The normalized spacial score (nSPS) is 17.8. The van der Waals surface area contributed by atoms with E-state index in [4.69, 9.17) is 5.84 Å². The lowest BCUT2D eigenvalue weighted by Crippen LogP contribution is -2.38. The molecule has 0 amide bonds. The Morgan fingerprint density at radius 2 is 2.07 bits per heavy atom. The highest BCUT2D eigenvalue weighted by Gasteiger charge is 2.30. The Kier molecular flexibility index (Phi) is 2.98. The van der Waals surface area contributed by atoms with Crippen LogP contribution in [-0.4, -0.2) is 6.04 Å². The number of benzene rings is 1. The molecule has 0 spiro atoms. The maximum absolute atomic E-state index is 12.9. The van der Waals surface area contributed by atoms with Crippen LogP contribution in [0.2, 0.25) is 0 Å². The van der Waals surface area contributed by atoms with Crippen molar-refractivity contribution in [2.24, 2.45) is 11.8 Å². The third-order valence-corrected chi connectivity index (χ3v) is 2.84. The topological polar surface area (TPSA) is 38.0 Å². The fourth-order valence-electron chi connectivity index (χ4n) is 1.78. The van der Waals surface area contributed by atoms with Gasteiger partial charge in [0, 0.05) is 6.04 Å². The average Bonchev–Trinajstić information content (AvgIpc) is 3.03. The third-order valence-electron chi connectivity index (χ3n) is 2.84. The van der Waals surface area contributed by atoms with Gasteiger partial charge < -0.3 is 0 Å². The van der Waals surface area contributed by atoms with E-state index in [1.165, 1.54) is 18.9 Å². The van der Waals surface area contributed by atoms with Crippen molar-refractivity contribution in [1.82, 2.24) is 5.43 Å². The van der Waals surface area contributed by atoms with Crippen molar-refractivity contribution < 1.29 is 8.78 Å². The van der Waals surface area contributed by atoms with Gasteiger partial charge in [0.15, 0.2) is 11.6 Å². The summed E-state index contributed by atoms with van der Waals surface area (Å²) in [6, 6.07) is 4.17. The Bertz CT molecular complexity index is 350. The Morgan fingerprint density at radius 3 is 2.60 bits per heavy atom. The molecule has 1 saturated carbocycles. The highest BCUT2D eigenvalue weighted by Crippen LogP contribution is 2.33. The summed E-state index contributed by atoms with van der Waals surface area (Å²) in [4.78, 5) is 0. The van der Waals surface area contributed by atoms with E-state index >= 15 is 0 Å². The van der Waals surface area contributed by atoms with Gasteiger partial charge in [-0.05, 0) is 42.9 Å². The molecule has 1 unspecified atom stereocenters. The van der Waals surface area contributed by atoms with Crippen LogP contribution in [-0.2, 0) is 6.42 Å². The van der Waals surface area contributed by atoms with E-state index < -0.39 is 11.6 Å². The first-order valence-electron chi connectivity index (χ1n) is 5.10. The molecule has 1 aromatic carbocycles. The van der Waals surface area contributed by atoms with Gasteiger partial charge in [-0.1, -0.05) is 6.07 Å². The average molecular weight is 212 g/mol. The van der Waals surface area contributed by atoms with Crippen molar-refractivity contribution in [3.8, 4) is 0 Å². The second-order valence-corrected chi connectivity index (χ2v) is 4.06. The lowest BCUT2D eigenvalue weighted by molar-refractivity contribution is 0.467. The second kappa shape index (κ2) is 4.24. The minimum Gasteiger partial charge on any atom is -0.271 e. The number of nitrogens with two attached hydrogens (primary N) is 1. The number of hydrogen-bond acceptors (Lipinski definition) is 2. The number of halogens is 2. The summed E-state index contributed by atoms with van der Waals surface area (Å²) >= 11 is 0. The summed E-state index contributed by atoms with van der Waals surface area (Å²) in [5.74, 6) is 4.40. The molecule has 4 heteroatoms. The van der Waals surface area contributed by atoms with Crippen molar-refractivity contribution in [3.05, 3.63) is 35.4 Å². The van der Waals surface area contributed by atoms with E-state index in [1.54, 1.807) is 6.07 Å². The van der Waals surface area contributed by atoms with Gasteiger partial charge in [0.25, 0.3) is 0 Å². The SMILES string of the molecule is NNC(Cc1ccc(F)c(F)c1)C1CC1. The first-order chi connectivity index (χ1) is 7.20. The maximum atomic E-state index is 12.9. The first-order valence-corrected chi connectivity index (χ1v) is 5.10. The van der Waals surface area contributed by atoms with Gasteiger partial charge >= 0.3 is 0 Å². The Morgan fingerprint density at radius 1 is 1.33 bits per heavy atom. The van der Waals surface area contributed by atoms with Gasteiger partial charge in [0.05, 0.1) is 0 Å². The Hall–Kier alpha value is -1.00. The van der Waals surface area contributed by atoms with Gasteiger partial charge in [0.1, 0.15) is 0 Å². The molecule has 2 nitrogen and oxygen atoms in total. The quantitative estimate of drug-likeness (QED) is 0.589. The fraction of sp³-hybridized carbons (Fsp3) is 0.455. The van der Waals surface area contributed by atoms with Gasteiger partial charge in [-0.2, -0.15) is 0 Å². The zero-order valence-corrected chi connectivity index (χ0v) is 8.34. The van der Waals surface area contributed by atoms with Crippen LogP contribution in [0.25, 0.3) is 0 Å². The third kappa shape index (κ3) is 2.52. The van der Waals surface area contributed by atoms with Gasteiger partial charge in [0.2, 0.25) is 0 Å². The Labute approximate surface area is 87.4 Å². The minimum atomic E-state index is -0.803. The van der Waals surface area contributed by atoms with Crippen LogP contribution in [0.3, 0.4) is 0 Å². The highest BCUT2D eigenvalue weighted by molar-refractivity contribution is 5.19. The molecular weight excluding hydrogens is 198 g/mol. The largest absolute Gasteiger partial charge is 0.271 e. The van der Waals surface area contributed by atoms with E-state index in [0.717, 1.165) is 11.6 Å². The molecular formula is C11H14F2N2. The number of hydrogen-bond donors (Lipinski definition) is 2. The van der Waals surface area contributed by atoms with E-state index in [0.29, 0.717) is 12.3 Å². The summed E-state index contributed by atoms with van der Waals surface area (Å²) < 4.78 is 25.6. The van der Waals surface area contributed by atoms with Gasteiger partial charge in [-0.15, -0.1) is 0 Å². The van der Waals surface area contributed by atoms with Crippen molar-refractivity contribution in [1.29, 1.82) is 0 Å². The number of rotatable bonds is 4. The monoisotopic (exact) mass is 212 g/mol. The van der Waals surface area contributed by atoms with Crippen molar-refractivity contribution in [3.63, 3.8) is 0 Å². The molecule has 1 aliphatic carbocycles. The molecule has 0 aliphatic heterocycles. The molecule has 1 fully saturated rings. The molecule has 15 heavy (non-hydrogen) atoms. The highest BCUT2D eigenvalue weighted by atomic mass is 19.2. The molecule has 0 heterocycles. The van der Waals surface area contributed by atoms with Crippen LogP contribution >= 0.6 is 0 Å². The molecule has 1 aromatic rings. The Balaban J connectivity index is 2.05. The molecule has 0 saturated heterocycles. The molecule has 0 bridgehead atoms. The van der Waals surface area contributed by atoms with E-state index in [-0.39, 0.29) is 6.04 Å². The zero-order valence-electron chi connectivity index (χ0n) is 8.34. The molecule has 1 aliphatic rings. The summed E-state index contributed by atoms with van der Waals surface area (Å²) in [5, 5.41) is 0. The van der Waals surface area contributed by atoms with Crippen LogP contribution < -0.4 is 11.3 Å². The predicted molar refractivity (Wildman–Crippen MR) is 53.9 cm³/mol. The fourth-order valence-corrected chi connectivity index (χ4v) is 1.78. The van der Waals surface area contributed by atoms with E-state index in [9.17, 15) is 8.78 Å². The van der Waals surface area contributed by atoms with Crippen LogP contribution in [0.4, 0.5) is 8.78 Å². The molecule has 82 valence electrons. The summed E-state index contributed by atoms with van der Waals surface area (Å²) in [5.41, 5.74) is 3.51. The summed E-state index contributed by atoms with van der Waals surface area (Å²) in [6.07, 6.45) is 2.98. The van der Waals surface area contributed by atoms with Crippen LogP contribution in [0.1, 0.15) is 18.4 Å². The lowest BCUT2D eigenvalue weighted by Gasteiger charge is -2.14.